The second kappa shape index (κ2) is 12.0. The van der Waals surface area contributed by atoms with Crippen LogP contribution in [-0.4, -0.2) is 92.0 Å². The van der Waals surface area contributed by atoms with Crippen LogP contribution in [-0.2, 0) is 27.2 Å². The van der Waals surface area contributed by atoms with Crippen LogP contribution in [0, 0.1) is 11.3 Å². The first-order chi connectivity index (χ1) is 19.0. The van der Waals surface area contributed by atoms with E-state index in [-0.39, 0.29) is 24.0 Å². The Morgan fingerprint density at radius 3 is 2.92 bits per heavy atom. The van der Waals surface area contributed by atoms with Gasteiger partial charge in [-0.2, -0.15) is 5.26 Å². The summed E-state index contributed by atoms with van der Waals surface area (Å²) in [4.78, 5) is 38.1. The van der Waals surface area contributed by atoms with Gasteiger partial charge < -0.3 is 19.5 Å². The largest absolute Gasteiger partial charge is 0.379 e. The predicted octanol–water partition coefficient (Wildman–Crippen LogP) is 2.19. The van der Waals surface area contributed by atoms with Gasteiger partial charge in [-0.05, 0) is 37.0 Å². The van der Waals surface area contributed by atoms with Gasteiger partial charge >= 0.3 is 6.03 Å². The van der Waals surface area contributed by atoms with Gasteiger partial charge in [0.25, 0.3) is 0 Å². The number of carbonyl (C=O) groups excluding carboxylic acids is 2. The Bertz CT molecular complexity index is 1270. The molecule has 2 N–H and O–H groups in total. The predicted molar refractivity (Wildman–Crippen MR) is 143 cm³/mol. The molecule has 3 aliphatic rings. The normalized spacial score (nSPS) is 23.1. The van der Waals surface area contributed by atoms with Crippen molar-refractivity contribution >= 4 is 29.6 Å². The molecule has 0 aliphatic carbocycles. The maximum absolute atomic E-state index is 13.4. The zero-order chi connectivity index (χ0) is 27.4. The molecular weight excluding hydrogens is 502 g/mol. The number of ether oxygens (including phenoxy) is 3. The molecule has 1 unspecified atom stereocenters. The molecule has 0 aromatic carbocycles. The van der Waals surface area contributed by atoms with Crippen LogP contribution in [0.1, 0.15) is 40.5 Å². The number of carbonyl (C=O) groups is 2. The molecular formula is C27H33N7O5. The minimum absolute atomic E-state index is 0.136. The van der Waals surface area contributed by atoms with Gasteiger partial charge in [-0.1, -0.05) is 0 Å². The maximum Gasteiger partial charge on any atom is 0.328 e. The van der Waals surface area contributed by atoms with Crippen LogP contribution < -0.4 is 15.5 Å². The van der Waals surface area contributed by atoms with Crippen molar-refractivity contribution in [1.82, 2.24) is 14.9 Å². The van der Waals surface area contributed by atoms with E-state index in [4.69, 9.17) is 14.2 Å². The SMILES string of the molecule is CO[C@H]1COC[C@@H]1Nc1cc(NC(=O)N2CCCc3cc(CN4CCOCC4C)c(C=O)nc32)ncc1C#N. The van der Waals surface area contributed by atoms with Crippen LogP contribution in [0.4, 0.5) is 22.1 Å². The smallest absolute Gasteiger partial charge is 0.328 e. The highest BCUT2D eigenvalue weighted by Crippen LogP contribution is 2.29. The van der Waals surface area contributed by atoms with Crippen LogP contribution in [0.25, 0.3) is 0 Å². The second-order valence-corrected chi connectivity index (χ2v) is 10.0. The number of aryl methyl sites for hydroxylation is 1. The van der Waals surface area contributed by atoms with E-state index in [1.807, 2.05) is 6.07 Å². The molecule has 5 heterocycles. The van der Waals surface area contributed by atoms with Gasteiger partial charge in [-0.25, -0.2) is 14.8 Å². The Kier molecular flexibility index (Phi) is 8.33. The average Bonchev–Trinajstić information content (AvgIpc) is 3.40. The molecule has 2 saturated heterocycles. The van der Waals surface area contributed by atoms with E-state index >= 15 is 0 Å². The lowest BCUT2D eigenvalue weighted by Gasteiger charge is -2.34. The van der Waals surface area contributed by atoms with Crippen molar-refractivity contribution in [1.29, 1.82) is 5.26 Å². The molecule has 0 radical (unpaired) electrons. The Morgan fingerprint density at radius 2 is 2.15 bits per heavy atom. The first kappa shape index (κ1) is 27.0. The third-order valence-electron chi connectivity index (χ3n) is 7.44. The van der Waals surface area contributed by atoms with Crippen LogP contribution in [0.2, 0.25) is 0 Å². The topological polar surface area (TPSA) is 142 Å². The lowest BCUT2D eigenvalue weighted by molar-refractivity contribution is -0.00448. The summed E-state index contributed by atoms with van der Waals surface area (Å²) in [6.07, 6.45) is 3.56. The summed E-state index contributed by atoms with van der Waals surface area (Å²) in [6.45, 7) is 6.18. The lowest BCUT2D eigenvalue weighted by atomic mass is 10.0. The Labute approximate surface area is 227 Å². The Balaban J connectivity index is 1.34. The number of aldehydes is 1. The number of amides is 2. The number of hydrogen-bond acceptors (Lipinski definition) is 10. The summed E-state index contributed by atoms with van der Waals surface area (Å²) < 4.78 is 16.5. The summed E-state index contributed by atoms with van der Waals surface area (Å²) in [5.74, 6) is 0.771. The molecule has 3 atom stereocenters. The van der Waals surface area contributed by atoms with E-state index in [9.17, 15) is 14.9 Å². The van der Waals surface area contributed by atoms with E-state index in [2.05, 4.69) is 38.5 Å². The van der Waals surface area contributed by atoms with Gasteiger partial charge in [-0.3, -0.25) is 19.9 Å². The number of rotatable bonds is 7. The van der Waals surface area contributed by atoms with Gasteiger partial charge in [-0.15, -0.1) is 0 Å². The van der Waals surface area contributed by atoms with Crippen molar-refractivity contribution in [2.45, 2.75) is 44.5 Å². The molecule has 0 bridgehead atoms. The number of nitrogens with zero attached hydrogens (tertiary/aromatic N) is 5. The molecule has 0 saturated carbocycles. The third-order valence-corrected chi connectivity index (χ3v) is 7.44. The molecule has 2 fully saturated rings. The minimum Gasteiger partial charge on any atom is -0.379 e. The summed E-state index contributed by atoms with van der Waals surface area (Å²) >= 11 is 0. The van der Waals surface area contributed by atoms with Crippen molar-refractivity contribution in [2.75, 3.05) is 62.2 Å². The van der Waals surface area contributed by atoms with E-state index in [1.165, 1.54) is 6.20 Å². The van der Waals surface area contributed by atoms with Gasteiger partial charge in [0.1, 0.15) is 29.5 Å². The number of methoxy groups -OCH3 is 1. The number of aromatic nitrogens is 2. The van der Waals surface area contributed by atoms with E-state index in [1.54, 1.807) is 18.1 Å². The van der Waals surface area contributed by atoms with Gasteiger partial charge in [0.05, 0.1) is 43.7 Å². The quantitative estimate of drug-likeness (QED) is 0.507. The summed E-state index contributed by atoms with van der Waals surface area (Å²) in [5.41, 5.74) is 3.00. The van der Waals surface area contributed by atoms with Gasteiger partial charge in [0, 0.05) is 45.0 Å². The Hall–Kier alpha value is -3.63. The van der Waals surface area contributed by atoms with Crippen molar-refractivity contribution in [3.8, 4) is 6.07 Å². The minimum atomic E-state index is -0.406. The molecule has 2 aromatic rings. The van der Waals surface area contributed by atoms with Gasteiger partial charge in [0.2, 0.25) is 0 Å². The highest BCUT2D eigenvalue weighted by Gasteiger charge is 2.30. The first-order valence-electron chi connectivity index (χ1n) is 13.2. The van der Waals surface area contributed by atoms with Crippen LogP contribution >= 0.6 is 0 Å². The Morgan fingerprint density at radius 1 is 1.28 bits per heavy atom. The van der Waals surface area contributed by atoms with E-state index in [0.29, 0.717) is 62.3 Å². The van der Waals surface area contributed by atoms with Crippen LogP contribution in [0.3, 0.4) is 0 Å². The number of nitriles is 1. The summed E-state index contributed by atoms with van der Waals surface area (Å²) in [6, 6.07) is 5.47. The molecule has 5 rings (SSSR count). The maximum atomic E-state index is 13.4. The number of anilines is 3. The zero-order valence-corrected chi connectivity index (χ0v) is 22.2. The first-order valence-corrected chi connectivity index (χ1v) is 13.2. The molecule has 3 aliphatic heterocycles. The fourth-order valence-electron chi connectivity index (χ4n) is 5.21. The fraction of sp³-hybridized carbons (Fsp3) is 0.519. The van der Waals surface area contributed by atoms with Crippen molar-refractivity contribution in [3.63, 3.8) is 0 Å². The third kappa shape index (κ3) is 5.86. The zero-order valence-electron chi connectivity index (χ0n) is 22.2. The van der Waals surface area contributed by atoms with E-state index < -0.39 is 6.03 Å². The molecule has 0 spiro atoms. The second-order valence-electron chi connectivity index (χ2n) is 10.0. The van der Waals surface area contributed by atoms with E-state index in [0.717, 1.165) is 36.8 Å². The number of morpholine rings is 1. The molecule has 12 heteroatoms. The molecule has 12 nitrogen and oxygen atoms in total. The number of pyridine rings is 2. The molecule has 206 valence electrons. The number of fused-ring (bicyclic) bond motifs is 1. The van der Waals surface area contributed by atoms with Crippen molar-refractivity contribution < 1.29 is 23.8 Å². The van der Waals surface area contributed by atoms with Crippen molar-refractivity contribution in [3.05, 3.63) is 40.7 Å². The fourth-order valence-corrected chi connectivity index (χ4v) is 5.21. The number of nitrogens with one attached hydrogen (secondary N) is 2. The molecule has 39 heavy (non-hydrogen) atoms. The molecule has 2 aromatic heterocycles. The average molecular weight is 536 g/mol. The number of urea groups is 1. The summed E-state index contributed by atoms with van der Waals surface area (Å²) in [5, 5.41) is 15.7. The molecule has 2 amide bonds. The highest BCUT2D eigenvalue weighted by molar-refractivity contribution is 6.01. The summed E-state index contributed by atoms with van der Waals surface area (Å²) in [7, 11) is 1.62. The lowest BCUT2D eigenvalue weighted by Crippen LogP contribution is -2.43. The standard InChI is InChI=1S/C27H33N7O5/c1-17-14-38-7-6-33(17)12-19-8-18-4-3-5-34(26(18)31-22(19)13-35)27(36)32-25-9-21(20(10-28)11-29-25)30-23-15-39-16-24(23)37-2/h8-9,11,13,17,23-24H,3-7,12,14-16H2,1-2H3,(H2,29,30,32,36)/t17?,23-,24-/m0/s1. The van der Waals surface area contributed by atoms with Crippen LogP contribution in [0.5, 0.6) is 0 Å². The highest BCUT2D eigenvalue weighted by atomic mass is 16.5. The monoisotopic (exact) mass is 535 g/mol. The van der Waals surface area contributed by atoms with Crippen LogP contribution in [0.15, 0.2) is 18.3 Å². The van der Waals surface area contributed by atoms with Crippen molar-refractivity contribution in [2.24, 2.45) is 0 Å². The number of hydrogen-bond donors (Lipinski definition) is 2. The van der Waals surface area contributed by atoms with Gasteiger partial charge in [0.15, 0.2) is 6.29 Å².